The number of hydrogen-bond donors (Lipinski definition) is 0. The topological polar surface area (TPSA) is 56.6 Å². The third-order valence-corrected chi connectivity index (χ3v) is 3.08. The van der Waals surface area contributed by atoms with Crippen LogP contribution in [-0.4, -0.2) is 58.6 Å². The van der Waals surface area contributed by atoms with Crippen molar-refractivity contribution in [2.45, 2.75) is 6.54 Å². The van der Waals surface area contributed by atoms with E-state index >= 15 is 0 Å². The number of methoxy groups -OCH3 is 2. The van der Waals surface area contributed by atoms with Gasteiger partial charge in [0.25, 0.3) is 0 Å². The highest BCUT2D eigenvalue weighted by Gasteiger charge is 2.12. The summed E-state index contributed by atoms with van der Waals surface area (Å²) in [6.45, 7) is 2.95. The zero-order valence-electron chi connectivity index (χ0n) is 10.5. The number of ether oxygens (including phenoxy) is 2. The van der Waals surface area contributed by atoms with Crippen LogP contribution in [0.5, 0.6) is 0 Å². The van der Waals surface area contributed by atoms with Crippen molar-refractivity contribution in [3.63, 3.8) is 0 Å². The van der Waals surface area contributed by atoms with Gasteiger partial charge in [0.2, 0.25) is 0 Å². The molecule has 1 aromatic rings. The maximum Gasteiger partial charge on any atom is 0.309 e. The maximum atomic E-state index is 12.8. The van der Waals surface area contributed by atoms with Gasteiger partial charge in [0.1, 0.15) is 6.33 Å². The van der Waals surface area contributed by atoms with Gasteiger partial charge in [-0.15, -0.1) is 3.89 Å². The van der Waals surface area contributed by atoms with Crippen LogP contribution in [-0.2, 0) is 27.4 Å². The number of imidazole rings is 1. The van der Waals surface area contributed by atoms with Gasteiger partial charge in [-0.1, -0.05) is 0 Å². The zero-order valence-corrected chi connectivity index (χ0v) is 11.4. The quantitative estimate of drug-likeness (QED) is 0.611. The minimum absolute atomic E-state index is 0.447. The number of halogens is 1. The van der Waals surface area contributed by atoms with Crippen molar-refractivity contribution < 1.29 is 17.6 Å². The van der Waals surface area contributed by atoms with E-state index in [9.17, 15) is 8.09 Å². The Labute approximate surface area is 109 Å². The van der Waals surface area contributed by atoms with Crippen molar-refractivity contribution >= 4 is 11.4 Å². The molecular weight excluding hydrogens is 261 g/mol. The molecule has 0 aromatic carbocycles. The van der Waals surface area contributed by atoms with E-state index in [0.29, 0.717) is 38.5 Å². The smallest absolute Gasteiger partial charge is 0.309 e. The molecule has 1 rings (SSSR count). The van der Waals surface area contributed by atoms with E-state index in [-0.39, 0.29) is 0 Å². The minimum Gasteiger partial charge on any atom is -0.383 e. The Hall–Kier alpha value is -0.830. The van der Waals surface area contributed by atoms with E-state index in [1.165, 1.54) is 12.5 Å². The van der Waals surface area contributed by atoms with Crippen molar-refractivity contribution in [2.75, 3.05) is 40.5 Å². The zero-order chi connectivity index (χ0) is 13.4. The predicted octanol–water partition coefficient (Wildman–Crippen LogP) is 0.374. The lowest BCUT2D eigenvalue weighted by atomic mass is 10.4. The van der Waals surface area contributed by atoms with Crippen LogP contribution in [0.3, 0.4) is 0 Å². The SMILES string of the molecule is COCCN(CCOC)Cc1cncn1S(=O)F. The Morgan fingerprint density at radius 2 is 2.00 bits per heavy atom. The van der Waals surface area contributed by atoms with Crippen molar-refractivity contribution in [1.29, 1.82) is 0 Å². The van der Waals surface area contributed by atoms with Crippen LogP contribution >= 0.6 is 0 Å². The average molecular weight is 279 g/mol. The molecule has 0 fully saturated rings. The summed E-state index contributed by atoms with van der Waals surface area (Å²) in [4.78, 5) is 5.82. The Kier molecular flexibility index (Phi) is 7.02. The van der Waals surface area contributed by atoms with E-state index in [4.69, 9.17) is 9.47 Å². The molecule has 0 N–H and O–H groups in total. The molecule has 0 saturated carbocycles. The molecule has 0 aliphatic carbocycles. The molecule has 0 saturated heterocycles. The average Bonchev–Trinajstić information content (AvgIpc) is 2.80. The Balaban J connectivity index is 2.62. The third kappa shape index (κ3) is 4.81. The van der Waals surface area contributed by atoms with Crippen LogP contribution in [0.25, 0.3) is 0 Å². The standard InChI is InChI=1S/C10H18FN3O3S/c1-16-5-3-13(4-6-17-2)8-10-7-12-9-14(10)18(11)15/h7,9H,3-6,8H2,1-2H3. The second-order valence-electron chi connectivity index (χ2n) is 3.68. The van der Waals surface area contributed by atoms with E-state index in [1.54, 1.807) is 14.2 Å². The van der Waals surface area contributed by atoms with Gasteiger partial charge in [0.15, 0.2) is 0 Å². The molecule has 104 valence electrons. The Bertz CT molecular complexity index is 367. The van der Waals surface area contributed by atoms with Gasteiger partial charge in [-0.05, 0) is 0 Å². The molecule has 0 bridgehead atoms. The van der Waals surface area contributed by atoms with Gasteiger partial charge in [-0.2, -0.15) is 4.21 Å². The summed E-state index contributed by atoms with van der Waals surface area (Å²) in [6.07, 6.45) is 2.72. The first-order valence-corrected chi connectivity index (χ1v) is 6.49. The number of aromatic nitrogens is 2. The molecule has 0 radical (unpaired) electrons. The van der Waals surface area contributed by atoms with Crippen molar-refractivity contribution in [1.82, 2.24) is 13.9 Å². The lowest BCUT2D eigenvalue weighted by molar-refractivity contribution is 0.109. The minimum atomic E-state index is -2.57. The first-order valence-electron chi connectivity index (χ1n) is 5.49. The maximum absolute atomic E-state index is 12.8. The van der Waals surface area contributed by atoms with E-state index in [2.05, 4.69) is 4.98 Å². The number of hydrogen-bond acceptors (Lipinski definition) is 5. The number of rotatable bonds is 9. The normalized spacial score (nSPS) is 13.1. The summed E-state index contributed by atoms with van der Waals surface area (Å²) in [5.41, 5.74) is 0.558. The summed E-state index contributed by atoms with van der Waals surface area (Å²) in [6, 6.07) is 0. The van der Waals surface area contributed by atoms with Gasteiger partial charge < -0.3 is 9.47 Å². The fraction of sp³-hybridized carbons (Fsp3) is 0.700. The lowest BCUT2D eigenvalue weighted by Crippen LogP contribution is -2.31. The molecule has 0 amide bonds. The molecule has 8 heteroatoms. The lowest BCUT2D eigenvalue weighted by Gasteiger charge is -2.21. The molecule has 1 aromatic heterocycles. The van der Waals surface area contributed by atoms with Gasteiger partial charge >= 0.3 is 11.4 Å². The second kappa shape index (κ2) is 8.30. The van der Waals surface area contributed by atoms with Crippen LogP contribution in [0, 0.1) is 0 Å². The van der Waals surface area contributed by atoms with Gasteiger partial charge in [-0.3, -0.25) is 4.90 Å². The largest absolute Gasteiger partial charge is 0.383 e. The van der Waals surface area contributed by atoms with Crippen molar-refractivity contribution in [2.24, 2.45) is 0 Å². The molecular formula is C10H18FN3O3S. The first kappa shape index (κ1) is 15.2. The highest BCUT2D eigenvalue weighted by molar-refractivity contribution is 7.78. The van der Waals surface area contributed by atoms with Crippen LogP contribution in [0.1, 0.15) is 5.69 Å². The van der Waals surface area contributed by atoms with Gasteiger partial charge in [-0.25, -0.2) is 8.96 Å². The van der Waals surface area contributed by atoms with Crippen molar-refractivity contribution in [3.8, 4) is 0 Å². The van der Waals surface area contributed by atoms with Gasteiger partial charge in [0.05, 0.1) is 25.1 Å². The summed E-state index contributed by atoms with van der Waals surface area (Å²) >= 11 is -2.57. The summed E-state index contributed by atoms with van der Waals surface area (Å²) < 4.78 is 34.7. The second-order valence-corrected chi connectivity index (χ2v) is 4.49. The number of nitrogens with zero attached hydrogens (tertiary/aromatic N) is 3. The molecule has 18 heavy (non-hydrogen) atoms. The fourth-order valence-electron chi connectivity index (χ4n) is 1.49. The Morgan fingerprint density at radius 1 is 1.39 bits per heavy atom. The van der Waals surface area contributed by atoms with Crippen molar-refractivity contribution in [3.05, 3.63) is 18.2 Å². The van der Waals surface area contributed by atoms with E-state index in [0.717, 1.165) is 3.97 Å². The Morgan fingerprint density at radius 3 is 2.50 bits per heavy atom. The van der Waals surface area contributed by atoms with Gasteiger partial charge in [0, 0.05) is 33.9 Å². The summed E-state index contributed by atoms with van der Waals surface area (Å²) in [5.74, 6) is 0. The monoisotopic (exact) mass is 279 g/mol. The molecule has 0 spiro atoms. The molecule has 6 nitrogen and oxygen atoms in total. The molecule has 1 heterocycles. The predicted molar refractivity (Wildman–Crippen MR) is 65.9 cm³/mol. The fourth-order valence-corrected chi connectivity index (χ4v) is 1.91. The summed E-state index contributed by atoms with van der Waals surface area (Å²) in [5, 5.41) is 0. The molecule has 0 aliphatic rings. The van der Waals surface area contributed by atoms with Crippen LogP contribution in [0.2, 0.25) is 0 Å². The summed E-state index contributed by atoms with van der Waals surface area (Å²) in [7, 11) is 3.24. The van der Waals surface area contributed by atoms with Crippen LogP contribution < -0.4 is 0 Å². The molecule has 1 atom stereocenters. The molecule has 0 aliphatic heterocycles. The first-order chi connectivity index (χ1) is 8.69. The van der Waals surface area contributed by atoms with Crippen LogP contribution in [0.15, 0.2) is 12.5 Å². The molecule has 1 unspecified atom stereocenters. The highest BCUT2D eigenvalue weighted by Crippen LogP contribution is 2.06. The highest BCUT2D eigenvalue weighted by atomic mass is 32.2. The van der Waals surface area contributed by atoms with E-state index < -0.39 is 11.4 Å². The van der Waals surface area contributed by atoms with E-state index in [1.807, 2.05) is 4.90 Å². The third-order valence-electron chi connectivity index (χ3n) is 2.44. The van der Waals surface area contributed by atoms with Crippen LogP contribution in [0.4, 0.5) is 3.89 Å².